The van der Waals surface area contributed by atoms with E-state index in [1.54, 1.807) is 11.8 Å². The minimum Gasteiger partial charge on any atom is -0.481 e. The molecule has 1 heterocycles. The van der Waals surface area contributed by atoms with Gasteiger partial charge in [0.25, 0.3) is 0 Å². The minimum absolute atomic E-state index is 0.0202. The minimum atomic E-state index is 0.0202. The van der Waals surface area contributed by atoms with Crippen LogP contribution in [0.4, 0.5) is 5.69 Å². The lowest BCUT2D eigenvalue weighted by molar-refractivity contribution is 0.282. The number of methoxy groups -OCH3 is 1. The van der Waals surface area contributed by atoms with Crippen LogP contribution in [0, 0.1) is 6.92 Å². The van der Waals surface area contributed by atoms with Gasteiger partial charge in [-0.3, -0.25) is 0 Å². The lowest BCUT2D eigenvalue weighted by Crippen LogP contribution is -2.04. The number of hydrogen-bond donors (Lipinski definition) is 2. The smallest absolute Gasteiger partial charge is 0.216 e. The van der Waals surface area contributed by atoms with Gasteiger partial charge >= 0.3 is 0 Å². The SMILES string of the molecule is COc1c(CNc2ccccc2CO)c(C)nn1C. The van der Waals surface area contributed by atoms with Gasteiger partial charge < -0.3 is 15.2 Å². The predicted molar refractivity (Wildman–Crippen MR) is 74.2 cm³/mol. The molecule has 0 bridgehead atoms. The molecule has 0 fully saturated rings. The average Bonchev–Trinajstić information content (AvgIpc) is 2.70. The van der Waals surface area contributed by atoms with Crippen LogP contribution in [-0.2, 0) is 20.2 Å². The van der Waals surface area contributed by atoms with E-state index in [9.17, 15) is 5.11 Å². The highest BCUT2D eigenvalue weighted by Gasteiger charge is 2.13. The highest BCUT2D eigenvalue weighted by atomic mass is 16.5. The van der Waals surface area contributed by atoms with Crippen molar-refractivity contribution in [3.63, 3.8) is 0 Å². The van der Waals surface area contributed by atoms with E-state index in [1.165, 1.54) is 0 Å². The van der Waals surface area contributed by atoms with Crippen molar-refractivity contribution in [1.82, 2.24) is 9.78 Å². The number of aryl methyl sites for hydroxylation is 2. The van der Waals surface area contributed by atoms with E-state index < -0.39 is 0 Å². The van der Waals surface area contributed by atoms with Crippen LogP contribution in [0.25, 0.3) is 0 Å². The molecule has 2 aromatic rings. The summed E-state index contributed by atoms with van der Waals surface area (Å²) < 4.78 is 7.08. The number of ether oxygens (including phenoxy) is 1. The molecule has 1 aromatic carbocycles. The van der Waals surface area contributed by atoms with Crippen molar-refractivity contribution in [3.05, 3.63) is 41.1 Å². The number of aliphatic hydroxyl groups is 1. The monoisotopic (exact) mass is 261 g/mol. The molecule has 2 N–H and O–H groups in total. The van der Waals surface area contributed by atoms with E-state index in [2.05, 4.69) is 10.4 Å². The standard InChI is InChI=1S/C14H19N3O2/c1-10-12(14(19-3)17(2)16-10)8-15-13-7-5-4-6-11(13)9-18/h4-7,15,18H,8-9H2,1-3H3. The molecule has 102 valence electrons. The van der Waals surface area contributed by atoms with Crippen molar-refractivity contribution in [1.29, 1.82) is 0 Å². The van der Waals surface area contributed by atoms with Crippen molar-refractivity contribution in [2.24, 2.45) is 7.05 Å². The third-order valence-electron chi connectivity index (χ3n) is 3.13. The number of benzene rings is 1. The lowest BCUT2D eigenvalue weighted by atomic mass is 10.1. The van der Waals surface area contributed by atoms with Gasteiger partial charge in [-0.1, -0.05) is 18.2 Å². The van der Waals surface area contributed by atoms with Crippen molar-refractivity contribution >= 4 is 5.69 Å². The molecule has 0 spiro atoms. The van der Waals surface area contributed by atoms with Gasteiger partial charge in [0.05, 0.1) is 25.0 Å². The van der Waals surface area contributed by atoms with Crippen molar-refractivity contribution < 1.29 is 9.84 Å². The van der Waals surface area contributed by atoms with Crippen molar-refractivity contribution in [2.75, 3.05) is 12.4 Å². The van der Waals surface area contributed by atoms with Crippen molar-refractivity contribution in [2.45, 2.75) is 20.1 Å². The zero-order valence-corrected chi connectivity index (χ0v) is 11.5. The molecule has 1 aromatic heterocycles. The van der Waals surface area contributed by atoms with Gasteiger partial charge in [0.15, 0.2) is 0 Å². The van der Waals surface area contributed by atoms with E-state index in [0.29, 0.717) is 6.54 Å². The second kappa shape index (κ2) is 5.75. The van der Waals surface area contributed by atoms with Gasteiger partial charge in [0.1, 0.15) is 0 Å². The molecule has 2 rings (SSSR count). The van der Waals surface area contributed by atoms with Crippen LogP contribution < -0.4 is 10.1 Å². The van der Waals surface area contributed by atoms with E-state index in [1.807, 2.05) is 38.2 Å². The summed E-state index contributed by atoms with van der Waals surface area (Å²) in [6, 6.07) is 7.70. The molecule has 0 aliphatic rings. The highest BCUT2D eigenvalue weighted by Crippen LogP contribution is 2.23. The molecule has 0 saturated carbocycles. The fourth-order valence-corrected chi connectivity index (χ4v) is 2.15. The molecule has 5 heteroatoms. The summed E-state index contributed by atoms with van der Waals surface area (Å²) in [7, 11) is 3.50. The molecule has 19 heavy (non-hydrogen) atoms. The van der Waals surface area contributed by atoms with Gasteiger partial charge in [0.2, 0.25) is 5.88 Å². The molecule has 0 amide bonds. The number of aliphatic hydroxyl groups excluding tert-OH is 1. The van der Waals surface area contributed by atoms with Crippen LogP contribution >= 0.6 is 0 Å². The molecular formula is C14H19N3O2. The third-order valence-corrected chi connectivity index (χ3v) is 3.13. The summed E-state index contributed by atoms with van der Waals surface area (Å²) in [5, 5.41) is 16.9. The fraction of sp³-hybridized carbons (Fsp3) is 0.357. The number of rotatable bonds is 5. The summed E-state index contributed by atoms with van der Waals surface area (Å²) in [4.78, 5) is 0. The predicted octanol–water partition coefficient (Wildman–Crippen LogP) is 1.84. The molecular weight excluding hydrogens is 242 g/mol. The summed E-state index contributed by atoms with van der Waals surface area (Å²) in [5.41, 5.74) is 3.77. The summed E-state index contributed by atoms with van der Waals surface area (Å²) in [6.07, 6.45) is 0. The Balaban J connectivity index is 2.19. The molecule has 0 unspecified atom stereocenters. The number of anilines is 1. The average molecular weight is 261 g/mol. The quantitative estimate of drug-likeness (QED) is 0.862. The number of nitrogens with one attached hydrogen (secondary N) is 1. The number of hydrogen-bond acceptors (Lipinski definition) is 4. The summed E-state index contributed by atoms with van der Waals surface area (Å²) in [5.74, 6) is 0.756. The van der Waals surface area contributed by atoms with E-state index >= 15 is 0 Å². The Kier molecular flexibility index (Phi) is 4.06. The first-order chi connectivity index (χ1) is 9.17. The van der Waals surface area contributed by atoms with Gasteiger partial charge in [0, 0.05) is 24.8 Å². The Morgan fingerprint density at radius 1 is 1.37 bits per heavy atom. The first kappa shape index (κ1) is 13.4. The Labute approximate surface area is 112 Å². The second-order valence-corrected chi connectivity index (χ2v) is 4.37. The van der Waals surface area contributed by atoms with E-state index in [0.717, 1.165) is 28.4 Å². The maximum atomic E-state index is 9.29. The van der Waals surface area contributed by atoms with Gasteiger partial charge in [-0.25, -0.2) is 4.68 Å². The summed E-state index contributed by atoms with van der Waals surface area (Å²) >= 11 is 0. The first-order valence-corrected chi connectivity index (χ1v) is 6.16. The third kappa shape index (κ3) is 2.71. The van der Waals surface area contributed by atoms with Crippen LogP contribution in [0.3, 0.4) is 0 Å². The van der Waals surface area contributed by atoms with Gasteiger partial charge in [-0.05, 0) is 13.0 Å². The Bertz CT molecular complexity index is 564. The zero-order valence-electron chi connectivity index (χ0n) is 11.5. The molecule has 0 aliphatic carbocycles. The largest absolute Gasteiger partial charge is 0.481 e. The molecule has 0 aliphatic heterocycles. The van der Waals surface area contributed by atoms with Crippen LogP contribution in [-0.4, -0.2) is 22.0 Å². The number of aromatic nitrogens is 2. The van der Waals surface area contributed by atoms with Crippen LogP contribution in [0.5, 0.6) is 5.88 Å². The molecule has 5 nitrogen and oxygen atoms in total. The molecule has 0 saturated heterocycles. The van der Waals surface area contributed by atoms with Gasteiger partial charge in [-0.15, -0.1) is 0 Å². The topological polar surface area (TPSA) is 59.3 Å². The van der Waals surface area contributed by atoms with E-state index in [-0.39, 0.29) is 6.61 Å². The van der Waals surface area contributed by atoms with Crippen LogP contribution in [0.15, 0.2) is 24.3 Å². The Morgan fingerprint density at radius 3 is 2.79 bits per heavy atom. The summed E-state index contributed by atoms with van der Waals surface area (Å²) in [6.45, 7) is 2.59. The highest BCUT2D eigenvalue weighted by molar-refractivity contribution is 5.51. The van der Waals surface area contributed by atoms with E-state index in [4.69, 9.17) is 4.74 Å². The van der Waals surface area contributed by atoms with Crippen LogP contribution in [0.1, 0.15) is 16.8 Å². The maximum Gasteiger partial charge on any atom is 0.216 e. The number of para-hydroxylation sites is 1. The molecule has 0 atom stereocenters. The maximum absolute atomic E-state index is 9.29. The number of nitrogens with zero attached hydrogens (tertiary/aromatic N) is 2. The lowest BCUT2D eigenvalue weighted by Gasteiger charge is -2.11. The zero-order chi connectivity index (χ0) is 13.8. The normalized spacial score (nSPS) is 10.5. The molecule has 0 radical (unpaired) electrons. The second-order valence-electron chi connectivity index (χ2n) is 4.37. The Hall–Kier alpha value is -2.01. The van der Waals surface area contributed by atoms with Crippen LogP contribution in [0.2, 0.25) is 0 Å². The van der Waals surface area contributed by atoms with Crippen molar-refractivity contribution in [3.8, 4) is 5.88 Å². The first-order valence-electron chi connectivity index (χ1n) is 6.16. The fourth-order valence-electron chi connectivity index (χ4n) is 2.15. The Morgan fingerprint density at radius 2 is 2.11 bits per heavy atom. The van der Waals surface area contributed by atoms with Gasteiger partial charge in [-0.2, -0.15) is 5.10 Å².